The summed E-state index contributed by atoms with van der Waals surface area (Å²) in [6.07, 6.45) is 0.974. The highest BCUT2D eigenvalue weighted by molar-refractivity contribution is 7.98. The van der Waals surface area contributed by atoms with Crippen LogP contribution in [-0.2, 0) is 12.2 Å². The fourth-order valence-electron chi connectivity index (χ4n) is 2.85. The van der Waals surface area contributed by atoms with E-state index in [2.05, 4.69) is 12.2 Å². The zero-order valence-corrected chi connectivity index (χ0v) is 18.1. The second-order valence-electron chi connectivity index (χ2n) is 6.50. The molecule has 0 aliphatic heterocycles. The van der Waals surface area contributed by atoms with Crippen LogP contribution in [0.4, 0.5) is 5.69 Å². The summed E-state index contributed by atoms with van der Waals surface area (Å²) >= 11 is 7.64. The molecule has 0 atom stereocenters. The molecule has 0 saturated carbocycles. The molecule has 3 aromatic rings. The number of carbonyl (C=O) groups is 1. The first kappa shape index (κ1) is 21.3. The summed E-state index contributed by atoms with van der Waals surface area (Å²) in [5.41, 5.74) is 3.63. The van der Waals surface area contributed by atoms with Crippen LogP contribution < -0.4 is 10.1 Å². The average Bonchev–Trinajstić information content (AvgIpc) is 2.75. The minimum Gasteiger partial charge on any atom is -0.494 e. The lowest BCUT2D eigenvalue weighted by molar-refractivity contribution is 0.102. The lowest BCUT2D eigenvalue weighted by atomic mass is 10.1. The molecular weight excluding hydrogens is 402 g/mol. The average molecular weight is 426 g/mol. The summed E-state index contributed by atoms with van der Waals surface area (Å²) in [4.78, 5) is 13.8. The van der Waals surface area contributed by atoms with Crippen molar-refractivity contribution in [2.75, 3.05) is 11.9 Å². The molecule has 1 N–H and O–H groups in total. The second-order valence-corrected chi connectivity index (χ2v) is 7.99. The first-order valence-electron chi connectivity index (χ1n) is 9.63. The summed E-state index contributed by atoms with van der Waals surface area (Å²) in [6, 6.07) is 21.2. The van der Waals surface area contributed by atoms with Gasteiger partial charge in [0.25, 0.3) is 5.91 Å². The largest absolute Gasteiger partial charge is 0.494 e. The minimum atomic E-state index is -0.130. The van der Waals surface area contributed by atoms with Gasteiger partial charge in [-0.15, -0.1) is 11.8 Å². The molecule has 1 amide bonds. The molecule has 3 aromatic carbocycles. The van der Waals surface area contributed by atoms with Crippen LogP contribution in [0.5, 0.6) is 5.75 Å². The van der Waals surface area contributed by atoms with Crippen LogP contribution >= 0.6 is 23.4 Å². The smallest absolute Gasteiger partial charge is 0.255 e. The van der Waals surface area contributed by atoms with Crippen LogP contribution in [0.3, 0.4) is 0 Å². The van der Waals surface area contributed by atoms with Gasteiger partial charge in [-0.05, 0) is 73.5 Å². The summed E-state index contributed by atoms with van der Waals surface area (Å²) in [7, 11) is 0. The molecule has 0 heterocycles. The Morgan fingerprint density at radius 2 is 1.72 bits per heavy atom. The zero-order valence-electron chi connectivity index (χ0n) is 16.6. The summed E-state index contributed by atoms with van der Waals surface area (Å²) in [6.45, 7) is 4.64. The Labute approximate surface area is 181 Å². The molecule has 150 valence electrons. The van der Waals surface area contributed by atoms with E-state index in [9.17, 15) is 4.79 Å². The van der Waals surface area contributed by atoms with Crippen molar-refractivity contribution < 1.29 is 9.53 Å². The Bertz CT molecular complexity index is 956. The number of rotatable bonds is 8. The third kappa shape index (κ3) is 6.02. The summed E-state index contributed by atoms with van der Waals surface area (Å²) in [5, 5.41) is 3.68. The maximum Gasteiger partial charge on any atom is 0.255 e. The van der Waals surface area contributed by atoms with Crippen molar-refractivity contribution >= 4 is 35.0 Å². The van der Waals surface area contributed by atoms with Crippen molar-refractivity contribution in [1.82, 2.24) is 0 Å². The predicted octanol–water partition coefficient (Wildman–Crippen LogP) is 6.85. The highest BCUT2D eigenvalue weighted by atomic mass is 35.5. The maximum absolute atomic E-state index is 12.7. The number of thioether (sulfide) groups is 1. The van der Waals surface area contributed by atoms with E-state index in [0.717, 1.165) is 33.3 Å². The van der Waals surface area contributed by atoms with E-state index in [0.29, 0.717) is 17.9 Å². The van der Waals surface area contributed by atoms with Crippen molar-refractivity contribution in [2.45, 2.75) is 30.9 Å². The molecule has 0 bridgehead atoms. The number of anilines is 1. The molecule has 0 spiro atoms. The molecule has 5 heteroatoms. The maximum atomic E-state index is 12.7. The van der Waals surface area contributed by atoms with Gasteiger partial charge in [0.15, 0.2) is 0 Å². The fraction of sp³-hybridized carbons (Fsp3) is 0.208. The van der Waals surface area contributed by atoms with Crippen molar-refractivity contribution in [1.29, 1.82) is 0 Å². The first-order valence-corrected chi connectivity index (χ1v) is 11.0. The van der Waals surface area contributed by atoms with Gasteiger partial charge in [0.2, 0.25) is 0 Å². The third-order valence-corrected chi connectivity index (χ3v) is 5.76. The van der Waals surface area contributed by atoms with E-state index in [1.807, 2.05) is 67.6 Å². The van der Waals surface area contributed by atoms with Gasteiger partial charge in [-0.1, -0.05) is 30.7 Å². The van der Waals surface area contributed by atoms with E-state index >= 15 is 0 Å². The van der Waals surface area contributed by atoms with Crippen LogP contribution in [0.15, 0.2) is 71.6 Å². The standard InChI is InChI=1S/C24H24ClNO2S/c1-3-17-5-10-21(11-6-17)26-24(27)18-7-14-23(28-4-2)19(15-18)16-29-22-12-8-20(25)9-13-22/h5-15H,3-4,16H2,1-2H3,(H,26,27). The number of hydrogen-bond donors (Lipinski definition) is 1. The Balaban J connectivity index is 1.75. The molecule has 0 aliphatic rings. The van der Waals surface area contributed by atoms with Gasteiger partial charge in [-0.25, -0.2) is 0 Å². The molecular formula is C24H24ClNO2S. The zero-order chi connectivity index (χ0) is 20.6. The van der Waals surface area contributed by atoms with E-state index in [4.69, 9.17) is 16.3 Å². The molecule has 0 aliphatic carbocycles. The van der Waals surface area contributed by atoms with Crippen molar-refractivity contribution in [3.05, 3.63) is 88.4 Å². The van der Waals surface area contributed by atoms with Gasteiger partial charge in [0, 0.05) is 32.5 Å². The van der Waals surface area contributed by atoms with Gasteiger partial charge in [-0.2, -0.15) is 0 Å². The van der Waals surface area contributed by atoms with Gasteiger partial charge >= 0.3 is 0 Å². The number of nitrogens with one attached hydrogen (secondary N) is 1. The number of benzene rings is 3. The van der Waals surface area contributed by atoms with E-state index < -0.39 is 0 Å². The van der Waals surface area contributed by atoms with Crippen LogP contribution in [0.2, 0.25) is 5.02 Å². The lowest BCUT2D eigenvalue weighted by Gasteiger charge is -2.13. The molecule has 0 fully saturated rings. The Hall–Kier alpha value is -2.43. The Kier molecular flexibility index (Phi) is 7.62. The van der Waals surface area contributed by atoms with Crippen molar-refractivity contribution in [2.24, 2.45) is 0 Å². The van der Waals surface area contributed by atoms with Gasteiger partial charge in [0.05, 0.1) is 6.61 Å². The monoisotopic (exact) mass is 425 g/mol. The van der Waals surface area contributed by atoms with Crippen LogP contribution in [0.25, 0.3) is 0 Å². The van der Waals surface area contributed by atoms with Crippen molar-refractivity contribution in [3.8, 4) is 5.75 Å². The number of aryl methyl sites for hydroxylation is 1. The van der Waals surface area contributed by atoms with Gasteiger partial charge in [0.1, 0.15) is 5.75 Å². The number of hydrogen-bond acceptors (Lipinski definition) is 3. The number of amides is 1. The molecule has 0 radical (unpaired) electrons. The molecule has 3 nitrogen and oxygen atoms in total. The number of ether oxygens (including phenoxy) is 1. The Morgan fingerprint density at radius 3 is 2.38 bits per heavy atom. The fourth-order valence-corrected chi connectivity index (χ4v) is 3.85. The van der Waals surface area contributed by atoms with Crippen LogP contribution in [0.1, 0.15) is 35.3 Å². The topological polar surface area (TPSA) is 38.3 Å². The molecule has 0 unspecified atom stereocenters. The molecule has 29 heavy (non-hydrogen) atoms. The predicted molar refractivity (Wildman–Crippen MR) is 122 cm³/mol. The lowest BCUT2D eigenvalue weighted by Crippen LogP contribution is -2.12. The summed E-state index contributed by atoms with van der Waals surface area (Å²) in [5.74, 6) is 1.37. The molecule has 3 rings (SSSR count). The van der Waals surface area contributed by atoms with Crippen molar-refractivity contribution in [3.63, 3.8) is 0 Å². The second kappa shape index (κ2) is 10.4. The highest BCUT2D eigenvalue weighted by Crippen LogP contribution is 2.30. The van der Waals surface area contributed by atoms with E-state index in [1.165, 1.54) is 5.56 Å². The minimum absolute atomic E-state index is 0.130. The number of carbonyl (C=O) groups excluding carboxylic acids is 1. The SMILES string of the molecule is CCOc1ccc(C(=O)Nc2ccc(CC)cc2)cc1CSc1ccc(Cl)cc1. The van der Waals surface area contributed by atoms with E-state index in [1.54, 1.807) is 17.8 Å². The molecule has 0 aromatic heterocycles. The quantitative estimate of drug-likeness (QED) is 0.401. The van der Waals surface area contributed by atoms with E-state index in [-0.39, 0.29) is 5.91 Å². The van der Waals surface area contributed by atoms with Gasteiger partial charge < -0.3 is 10.1 Å². The van der Waals surface area contributed by atoms with Crippen LogP contribution in [0, 0.1) is 0 Å². The third-order valence-electron chi connectivity index (χ3n) is 4.45. The normalized spacial score (nSPS) is 10.6. The first-order chi connectivity index (χ1) is 14.1. The molecule has 0 saturated heterocycles. The van der Waals surface area contributed by atoms with Gasteiger partial charge in [-0.3, -0.25) is 4.79 Å². The highest BCUT2D eigenvalue weighted by Gasteiger charge is 2.12. The summed E-state index contributed by atoms with van der Waals surface area (Å²) < 4.78 is 5.76. The number of halogens is 1. The van der Waals surface area contributed by atoms with Crippen LogP contribution in [-0.4, -0.2) is 12.5 Å². The Morgan fingerprint density at radius 1 is 1.00 bits per heavy atom.